The summed E-state index contributed by atoms with van der Waals surface area (Å²) < 4.78 is 16.0. The minimum absolute atomic E-state index is 0.228. The van der Waals surface area contributed by atoms with E-state index in [1.165, 1.54) is 6.07 Å². The van der Waals surface area contributed by atoms with Gasteiger partial charge < -0.3 is 0 Å². The van der Waals surface area contributed by atoms with Crippen molar-refractivity contribution >= 4 is 34.5 Å². The van der Waals surface area contributed by atoms with Gasteiger partial charge in [-0.1, -0.05) is 17.7 Å². The van der Waals surface area contributed by atoms with E-state index < -0.39 is 0 Å². The normalized spacial score (nSPS) is 10.2. The molecule has 0 saturated carbocycles. The van der Waals surface area contributed by atoms with Crippen LogP contribution in [0.2, 0.25) is 5.02 Å². The molecule has 0 aliphatic heterocycles. The Morgan fingerprint density at radius 2 is 2.25 bits per heavy atom. The van der Waals surface area contributed by atoms with Gasteiger partial charge in [-0.15, -0.1) is 0 Å². The Hall–Kier alpha value is 0.130. The zero-order valence-corrected chi connectivity index (χ0v) is 9.19. The number of benzene rings is 1. The smallest absolute Gasteiger partial charge is 0.127 e. The van der Waals surface area contributed by atoms with Gasteiger partial charge in [0.15, 0.2) is 0 Å². The lowest BCUT2D eigenvalue weighted by atomic mass is 10.1. The molecule has 0 unspecified atom stereocenters. The molecule has 0 spiro atoms. The van der Waals surface area contributed by atoms with E-state index in [-0.39, 0.29) is 5.82 Å². The largest absolute Gasteiger partial charge is 0.261 e. The van der Waals surface area contributed by atoms with Crippen molar-refractivity contribution in [3.8, 4) is 0 Å². The molecule has 0 atom stereocenters. The summed E-state index contributed by atoms with van der Waals surface area (Å²) in [5.41, 5.74) is 0.586. The maximum atomic E-state index is 13.1. The van der Waals surface area contributed by atoms with Crippen LogP contribution in [0.3, 0.4) is 0 Å². The third kappa shape index (κ3) is 2.57. The van der Waals surface area contributed by atoms with Crippen molar-refractivity contribution in [1.82, 2.24) is 3.53 Å². The first-order chi connectivity index (χ1) is 5.75. The van der Waals surface area contributed by atoms with E-state index in [1.807, 2.05) is 22.9 Å². The Labute approximate surface area is 89.8 Å². The molecule has 0 bridgehead atoms. The third-order valence-electron chi connectivity index (χ3n) is 1.53. The molecular weight excluding hydrogens is 291 g/mol. The summed E-state index contributed by atoms with van der Waals surface area (Å²) in [6, 6.07) is 4.74. The Morgan fingerprint density at radius 1 is 1.50 bits per heavy atom. The van der Waals surface area contributed by atoms with Crippen LogP contribution >= 0.6 is 34.5 Å². The van der Waals surface area contributed by atoms with Gasteiger partial charge in [0, 0.05) is 40.0 Å². The first-order valence-electron chi connectivity index (χ1n) is 3.52. The second kappa shape index (κ2) is 4.99. The molecule has 0 radical (unpaired) electrons. The molecular formula is C8H8ClFIN. The van der Waals surface area contributed by atoms with Crippen molar-refractivity contribution in [2.45, 2.75) is 6.42 Å². The maximum absolute atomic E-state index is 13.1. The van der Waals surface area contributed by atoms with Crippen LogP contribution in [0.15, 0.2) is 18.2 Å². The van der Waals surface area contributed by atoms with E-state index in [9.17, 15) is 4.39 Å². The highest BCUT2D eigenvalue weighted by Crippen LogP contribution is 2.18. The predicted molar refractivity (Wildman–Crippen MR) is 57.1 cm³/mol. The quantitative estimate of drug-likeness (QED) is 0.668. The molecule has 1 rings (SSSR count). The number of hydrogen-bond donors (Lipinski definition) is 1. The lowest BCUT2D eigenvalue weighted by Gasteiger charge is -2.03. The average molecular weight is 300 g/mol. The van der Waals surface area contributed by atoms with Crippen LogP contribution < -0.4 is 3.53 Å². The summed E-state index contributed by atoms with van der Waals surface area (Å²) in [4.78, 5) is 0. The lowest BCUT2D eigenvalue weighted by Crippen LogP contribution is -2.05. The predicted octanol–water partition coefficient (Wildman–Crippen LogP) is 2.96. The standard InChI is InChI=1S/C8H8ClFIN/c9-7-2-1-3-8(10)6(7)4-5-12-11/h1-3,12H,4-5H2. The second-order valence-electron chi connectivity index (χ2n) is 2.33. The van der Waals surface area contributed by atoms with Gasteiger partial charge in [-0.05, 0) is 18.6 Å². The molecule has 0 aliphatic carbocycles. The molecule has 4 heteroatoms. The van der Waals surface area contributed by atoms with Crippen molar-refractivity contribution in [2.75, 3.05) is 6.54 Å². The fourth-order valence-corrected chi connectivity index (χ4v) is 1.47. The van der Waals surface area contributed by atoms with E-state index >= 15 is 0 Å². The van der Waals surface area contributed by atoms with E-state index in [2.05, 4.69) is 3.53 Å². The molecule has 0 amide bonds. The first-order valence-corrected chi connectivity index (χ1v) is 4.97. The third-order valence-corrected chi connectivity index (χ3v) is 2.42. The van der Waals surface area contributed by atoms with Crippen molar-refractivity contribution in [3.63, 3.8) is 0 Å². The average Bonchev–Trinajstić information content (AvgIpc) is 2.04. The number of rotatable bonds is 3. The summed E-state index contributed by atoms with van der Waals surface area (Å²) in [6.45, 7) is 0.723. The zero-order valence-electron chi connectivity index (χ0n) is 6.28. The SMILES string of the molecule is Fc1cccc(Cl)c1CCNI. The Morgan fingerprint density at radius 3 is 2.83 bits per heavy atom. The molecule has 1 aromatic rings. The van der Waals surface area contributed by atoms with Gasteiger partial charge in [0.05, 0.1) is 0 Å². The van der Waals surface area contributed by atoms with Crippen LogP contribution in [0.1, 0.15) is 5.56 Å². The number of halogens is 3. The van der Waals surface area contributed by atoms with Crippen LogP contribution in [-0.2, 0) is 6.42 Å². The molecule has 1 nitrogen and oxygen atoms in total. The van der Waals surface area contributed by atoms with Crippen molar-refractivity contribution in [3.05, 3.63) is 34.6 Å². The second-order valence-corrected chi connectivity index (χ2v) is 3.50. The monoisotopic (exact) mass is 299 g/mol. The van der Waals surface area contributed by atoms with Gasteiger partial charge in [0.2, 0.25) is 0 Å². The van der Waals surface area contributed by atoms with E-state index in [0.29, 0.717) is 17.0 Å². The summed E-state index contributed by atoms with van der Waals surface area (Å²) in [6.07, 6.45) is 0.619. The van der Waals surface area contributed by atoms with E-state index in [0.717, 1.165) is 6.54 Å². The lowest BCUT2D eigenvalue weighted by molar-refractivity contribution is 0.609. The molecule has 1 aromatic carbocycles. The molecule has 1 N–H and O–H groups in total. The van der Waals surface area contributed by atoms with Crippen molar-refractivity contribution < 1.29 is 4.39 Å². The van der Waals surface area contributed by atoms with Gasteiger partial charge in [-0.3, -0.25) is 3.53 Å². The highest BCUT2D eigenvalue weighted by molar-refractivity contribution is 14.1. The van der Waals surface area contributed by atoms with Crippen LogP contribution in [0.5, 0.6) is 0 Å². The zero-order chi connectivity index (χ0) is 8.97. The van der Waals surface area contributed by atoms with Crippen LogP contribution in [0.25, 0.3) is 0 Å². The number of hydrogen-bond acceptors (Lipinski definition) is 1. The maximum Gasteiger partial charge on any atom is 0.127 e. The first kappa shape index (κ1) is 10.2. The van der Waals surface area contributed by atoms with Crippen LogP contribution in [-0.4, -0.2) is 6.54 Å². The summed E-state index contributed by atoms with van der Waals surface area (Å²) in [5, 5.41) is 0.502. The van der Waals surface area contributed by atoms with Gasteiger partial charge >= 0.3 is 0 Å². The highest BCUT2D eigenvalue weighted by Gasteiger charge is 2.04. The van der Waals surface area contributed by atoms with Crippen molar-refractivity contribution in [2.24, 2.45) is 0 Å². The Kier molecular flexibility index (Phi) is 4.25. The van der Waals surface area contributed by atoms with Gasteiger partial charge in [0.25, 0.3) is 0 Å². The molecule has 66 valence electrons. The summed E-state index contributed by atoms with van der Waals surface area (Å²) in [7, 11) is 0. The molecule has 0 heterocycles. The highest BCUT2D eigenvalue weighted by atomic mass is 127. The minimum Gasteiger partial charge on any atom is -0.261 e. The Balaban J connectivity index is 2.81. The summed E-state index contributed by atoms with van der Waals surface area (Å²) in [5.74, 6) is -0.228. The molecule has 0 aliphatic rings. The van der Waals surface area contributed by atoms with E-state index in [4.69, 9.17) is 11.6 Å². The van der Waals surface area contributed by atoms with E-state index in [1.54, 1.807) is 12.1 Å². The number of nitrogens with one attached hydrogen (secondary N) is 1. The van der Waals surface area contributed by atoms with Gasteiger partial charge in [-0.2, -0.15) is 0 Å². The summed E-state index contributed by atoms with van der Waals surface area (Å²) >= 11 is 7.82. The molecule has 0 aromatic heterocycles. The van der Waals surface area contributed by atoms with Gasteiger partial charge in [-0.25, -0.2) is 4.39 Å². The molecule has 0 saturated heterocycles. The van der Waals surface area contributed by atoms with Crippen LogP contribution in [0, 0.1) is 5.82 Å². The molecule has 0 fully saturated rings. The van der Waals surface area contributed by atoms with Crippen LogP contribution in [0.4, 0.5) is 4.39 Å². The molecule has 12 heavy (non-hydrogen) atoms. The fraction of sp³-hybridized carbons (Fsp3) is 0.250. The van der Waals surface area contributed by atoms with Gasteiger partial charge in [0.1, 0.15) is 5.82 Å². The van der Waals surface area contributed by atoms with Crippen molar-refractivity contribution in [1.29, 1.82) is 0 Å². The fourth-order valence-electron chi connectivity index (χ4n) is 0.943. The topological polar surface area (TPSA) is 12.0 Å². The Bertz CT molecular complexity index is 247. The minimum atomic E-state index is -0.228.